The van der Waals surface area contributed by atoms with Crippen molar-refractivity contribution in [3.05, 3.63) is 66.1 Å². The van der Waals surface area contributed by atoms with Gasteiger partial charge in [-0.25, -0.2) is 4.39 Å². The Morgan fingerprint density at radius 3 is 2.42 bits per heavy atom. The molecule has 3 aromatic rings. The second-order valence-corrected chi connectivity index (χ2v) is 8.78. The number of carbonyl (C=O) groups is 1. The van der Waals surface area contributed by atoms with E-state index in [1.54, 1.807) is 16.8 Å². The van der Waals surface area contributed by atoms with Crippen LogP contribution in [0, 0.1) is 17.8 Å². The minimum Gasteiger partial charge on any atom is -0.481 e. The fourth-order valence-electron chi connectivity index (χ4n) is 3.21. The second-order valence-electron chi connectivity index (χ2n) is 7.57. The van der Waals surface area contributed by atoms with Gasteiger partial charge in [-0.15, -0.1) is 0 Å². The Balaban J connectivity index is 2.03. The summed E-state index contributed by atoms with van der Waals surface area (Å²) in [5.74, 6) is 1.29. The number of benzene rings is 2. The zero-order chi connectivity index (χ0) is 24.0. The third-order valence-corrected chi connectivity index (χ3v) is 5.68. The molecule has 0 fully saturated rings. The fraction of sp³-hybridized carbons (Fsp3) is 0.250. The van der Waals surface area contributed by atoms with Crippen LogP contribution < -0.4 is 0 Å². The summed E-state index contributed by atoms with van der Waals surface area (Å²) in [5, 5.41) is 23.1. The Hall–Kier alpha value is -3.53. The van der Waals surface area contributed by atoms with Crippen molar-refractivity contribution in [2.24, 2.45) is 0 Å². The summed E-state index contributed by atoms with van der Waals surface area (Å²) in [7, 11) is -2.39. The Morgan fingerprint density at radius 1 is 1.15 bits per heavy atom. The van der Waals surface area contributed by atoms with Gasteiger partial charge < -0.3 is 10.2 Å². The van der Waals surface area contributed by atoms with Gasteiger partial charge in [0.05, 0.1) is 6.42 Å². The number of rotatable bonds is 8. The number of nitrogens with zero attached hydrogens (tertiary/aromatic N) is 2. The first kappa shape index (κ1) is 24.1. The first-order valence-corrected chi connectivity index (χ1v) is 11.6. The lowest BCUT2D eigenvalue weighted by molar-refractivity contribution is -0.138. The highest BCUT2D eigenvalue weighted by Crippen LogP contribution is 2.36. The molecule has 0 amide bonds. The quantitative estimate of drug-likeness (QED) is 0.362. The summed E-state index contributed by atoms with van der Waals surface area (Å²) in [6.07, 6.45) is 0.235. The number of halogens is 1. The second kappa shape index (κ2) is 10.9. The molecule has 0 radical (unpaired) electrons. The van der Waals surface area contributed by atoms with Crippen molar-refractivity contribution in [1.29, 1.82) is 0 Å². The van der Waals surface area contributed by atoms with Crippen molar-refractivity contribution < 1.29 is 28.5 Å². The molecule has 0 aliphatic carbocycles. The Bertz CT molecular complexity index is 1200. The molecule has 9 heteroatoms. The van der Waals surface area contributed by atoms with Gasteiger partial charge in [0.2, 0.25) is 6.16 Å². The molecular weight excluding hydrogens is 446 g/mol. The summed E-state index contributed by atoms with van der Waals surface area (Å²) >= 11 is 0. The fourth-order valence-corrected chi connectivity index (χ4v) is 3.91. The summed E-state index contributed by atoms with van der Waals surface area (Å²) in [6, 6.07) is 15.4. The summed E-state index contributed by atoms with van der Waals surface area (Å²) in [5.41, 5.74) is 3.37. The summed E-state index contributed by atoms with van der Waals surface area (Å²) < 4.78 is 32.4. The van der Waals surface area contributed by atoms with Crippen LogP contribution in [-0.4, -0.2) is 38.2 Å². The third kappa shape index (κ3) is 6.26. The van der Waals surface area contributed by atoms with Crippen LogP contribution in [-0.2, 0) is 13.9 Å². The van der Waals surface area contributed by atoms with E-state index in [1.807, 2.05) is 44.2 Å². The van der Waals surface area contributed by atoms with Gasteiger partial charge in [0.25, 0.3) is 0 Å². The largest absolute Gasteiger partial charge is 0.567 e. The molecular formula is C24H23FN2O5P+. The average Bonchev–Trinajstić information content (AvgIpc) is 3.14. The monoisotopic (exact) mass is 469 g/mol. The average molecular weight is 469 g/mol. The molecule has 7 nitrogen and oxygen atoms in total. The van der Waals surface area contributed by atoms with E-state index in [0.717, 1.165) is 5.56 Å². The van der Waals surface area contributed by atoms with Gasteiger partial charge in [-0.2, -0.15) is 9.62 Å². The predicted octanol–water partition coefficient (Wildman–Crippen LogP) is 4.84. The zero-order valence-corrected chi connectivity index (χ0v) is 19.0. The van der Waals surface area contributed by atoms with E-state index in [-0.39, 0.29) is 18.0 Å². The number of aliphatic hydroxyl groups is 1. The lowest BCUT2D eigenvalue weighted by Gasteiger charge is -2.07. The van der Waals surface area contributed by atoms with E-state index in [9.17, 15) is 18.9 Å². The van der Waals surface area contributed by atoms with E-state index >= 15 is 0 Å². The number of carboxylic acids is 1. The van der Waals surface area contributed by atoms with Crippen LogP contribution >= 0.6 is 8.03 Å². The standard InChI is InChI=1S/C24H22FN2O5P/c1-16(2)27-21(12-13-32-33(31)15-20(28)14-22(29)30)23(17-8-10-19(25)11-9-17)24(26-27)18-6-4-3-5-7-18/h3-11,16,20,28H,14-15H2,1-2H3/p+1/t20-/m0/s1. The maximum atomic E-state index is 13.6. The van der Waals surface area contributed by atoms with E-state index in [4.69, 9.17) is 14.7 Å². The first-order valence-electron chi connectivity index (χ1n) is 10.2. The molecule has 2 atom stereocenters. The normalized spacial score (nSPS) is 12.1. The molecule has 0 spiro atoms. The molecule has 0 aliphatic heterocycles. The van der Waals surface area contributed by atoms with Crippen LogP contribution in [0.15, 0.2) is 54.6 Å². The van der Waals surface area contributed by atoms with E-state index in [0.29, 0.717) is 22.5 Å². The highest BCUT2D eigenvalue weighted by Gasteiger charge is 2.26. The van der Waals surface area contributed by atoms with Crippen molar-refractivity contribution in [2.45, 2.75) is 32.4 Å². The predicted molar refractivity (Wildman–Crippen MR) is 122 cm³/mol. The molecule has 0 aliphatic rings. The number of aliphatic carboxylic acids is 1. The number of hydrogen-bond acceptors (Lipinski definition) is 5. The molecule has 3 rings (SSSR count). The topological polar surface area (TPSA) is 102 Å². The molecule has 1 heterocycles. The lowest BCUT2D eigenvalue weighted by atomic mass is 9.99. The zero-order valence-electron chi connectivity index (χ0n) is 18.1. The third-order valence-electron chi connectivity index (χ3n) is 4.67. The number of aliphatic hydroxyl groups excluding tert-OH is 1. The number of aromatic nitrogens is 2. The Morgan fingerprint density at radius 2 is 1.82 bits per heavy atom. The maximum Gasteiger partial charge on any atom is 0.567 e. The molecule has 1 aromatic heterocycles. The molecule has 0 saturated heterocycles. The highest BCUT2D eigenvalue weighted by atomic mass is 31.1. The van der Waals surface area contributed by atoms with Crippen LogP contribution in [0.3, 0.4) is 0 Å². The van der Waals surface area contributed by atoms with Crippen molar-refractivity contribution in [1.82, 2.24) is 9.78 Å². The van der Waals surface area contributed by atoms with E-state index < -0.39 is 26.5 Å². The Kier molecular flexibility index (Phi) is 7.94. The van der Waals surface area contributed by atoms with Gasteiger partial charge in [-0.05, 0) is 36.1 Å². The van der Waals surface area contributed by atoms with Crippen molar-refractivity contribution in [2.75, 3.05) is 6.16 Å². The molecule has 0 saturated carbocycles. The SMILES string of the molecule is CC(C)n1nc(-c2ccccc2)c(-c2ccc(F)cc2)c1C#CO[P+](=O)C[C@@H](O)CC(=O)O. The first-order chi connectivity index (χ1) is 15.8. The van der Waals surface area contributed by atoms with E-state index in [2.05, 4.69) is 12.0 Å². The molecule has 1 unspecified atom stereocenters. The maximum absolute atomic E-state index is 13.6. The van der Waals surface area contributed by atoms with Crippen LogP contribution in [0.25, 0.3) is 22.4 Å². The van der Waals surface area contributed by atoms with Crippen LogP contribution in [0.5, 0.6) is 0 Å². The van der Waals surface area contributed by atoms with Crippen molar-refractivity contribution in [3.8, 4) is 34.4 Å². The lowest BCUT2D eigenvalue weighted by Crippen LogP contribution is -2.15. The van der Waals surface area contributed by atoms with Crippen molar-refractivity contribution >= 4 is 14.0 Å². The van der Waals surface area contributed by atoms with Gasteiger partial charge >= 0.3 is 14.0 Å². The number of carboxylic acid groups (broad SMARTS) is 1. The summed E-state index contributed by atoms with van der Waals surface area (Å²) in [4.78, 5) is 10.6. The smallest absolute Gasteiger partial charge is 0.481 e. The molecule has 33 heavy (non-hydrogen) atoms. The highest BCUT2D eigenvalue weighted by molar-refractivity contribution is 7.39. The molecule has 2 aromatic carbocycles. The van der Waals surface area contributed by atoms with Crippen LogP contribution in [0.1, 0.15) is 32.0 Å². The Labute approximate surface area is 191 Å². The minimum atomic E-state index is -2.39. The molecule has 2 N–H and O–H groups in total. The molecule has 170 valence electrons. The summed E-state index contributed by atoms with van der Waals surface area (Å²) in [6.45, 7) is 3.87. The number of hydrogen-bond donors (Lipinski definition) is 2. The van der Waals surface area contributed by atoms with Gasteiger partial charge in [-0.1, -0.05) is 42.5 Å². The van der Waals surface area contributed by atoms with Gasteiger partial charge in [0, 0.05) is 23.1 Å². The molecule has 0 bridgehead atoms. The minimum absolute atomic E-state index is 0.0721. The van der Waals surface area contributed by atoms with Crippen molar-refractivity contribution in [3.63, 3.8) is 0 Å². The van der Waals surface area contributed by atoms with Gasteiger partial charge in [0.1, 0.15) is 23.3 Å². The van der Waals surface area contributed by atoms with Crippen LogP contribution in [0.4, 0.5) is 4.39 Å². The van der Waals surface area contributed by atoms with Gasteiger partial charge in [0.15, 0.2) is 6.11 Å². The van der Waals surface area contributed by atoms with Crippen LogP contribution in [0.2, 0.25) is 0 Å². The van der Waals surface area contributed by atoms with Gasteiger partial charge in [-0.3, -0.25) is 9.48 Å². The van der Waals surface area contributed by atoms with E-state index in [1.165, 1.54) is 12.1 Å².